The molecule has 2 N–H and O–H groups in total. The molecule has 0 aliphatic carbocycles. The van der Waals surface area contributed by atoms with Crippen molar-refractivity contribution in [2.24, 2.45) is 0 Å². The van der Waals surface area contributed by atoms with Crippen LogP contribution in [0.1, 0.15) is 21.1 Å². The number of amides is 1. The monoisotopic (exact) mass is 512 g/mol. The summed E-state index contributed by atoms with van der Waals surface area (Å²) in [6, 6.07) is 1.06. The molecule has 0 aromatic carbocycles. The molecule has 182 valence electrons. The van der Waals surface area contributed by atoms with Gasteiger partial charge in [-0.1, -0.05) is 0 Å². The Morgan fingerprint density at radius 3 is 2.68 bits per heavy atom. The van der Waals surface area contributed by atoms with Crippen LogP contribution >= 0.6 is 22.7 Å². The molecular weight excluding hydrogens is 489 g/mol. The third kappa shape index (κ3) is 5.37. The molecule has 1 aliphatic heterocycles. The Morgan fingerprint density at radius 1 is 1.26 bits per heavy atom. The molecule has 1 atom stereocenters. The number of aryl methyl sites for hydroxylation is 2. The van der Waals surface area contributed by atoms with E-state index in [0.29, 0.717) is 10.9 Å². The van der Waals surface area contributed by atoms with E-state index in [2.05, 4.69) is 20.3 Å². The van der Waals surface area contributed by atoms with Crippen LogP contribution in [0.5, 0.6) is 0 Å². The Bertz CT molecular complexity index is 1150. The first kappa shape index (κ1) is 24.5. The first-order valence-corrected chi connectivity index (χ1v) is 12.2. The number of rotatable bonds is 6. The fraction of sp³-hybridized carbons (Fsp3) is 0.429. The summed E-state index contributed by atoms with van der Waals surface area (Å²) in [5.74, 6) is -0.299. The van der Waals surface area contributed by atoms with Gasteiger partial charge in [-0.05, 0) is 26.0 Å². The number of alkyl halides is 3. The van der Waals surface area contributed by atoms with Gasteiger partial charge in [-0.25, -0.2) is 15.0 Å². The number of piperazine rings is 1. The van der Waals surface area contributed by atoms with Crippen LogP contribution in [0, 0.1) is 13.8 Å². The SMILES string of the molecule is Cc1nc(C)c(-c2csc(Nc3ccc(C(=O)N4CCN(CCO)CC4C(F)(F)F)cn3)n2)s1. The highest BCUT2D eigenvalue weighted by Crippen LogP contribution is 2.33. The lowest BCUT2D eigenvalue weighted by atomic mass is 10.1. The summed E-state index contributed by atoms with van der Waals surface area (Å²) in [6.45, 7) is 3.58. The van der Waals surface area contributed by atoms with Gasteiger partial charge in [0.05, 0.1) is 33.4 Å². The van der Waals surface area contributed by atoms with E-state index in [1.165, 1.54) is 28.5 Å². The van der Waals surface area contributed by atoms with Crippen molar-refractivity contribution < 1.29 is 23.1 Å². The zero-order chi connectivity index (χ0) is 24.5. The first-order chi connectivity index (χ1) is 16.2. The average molecular weight is 513 g/mol. The molecule has 1 aliphatic rings. The predicted molar refractivity (Wildman–Crippen MR) is 125 cm³/mol. The number of thiazole rings is 2. The number of aliphatic hydroxyl groups is 1. The standard InChI is InChI=1S/C21H23F3N6O2S2/c1-12-18(34-13(2)26-12)15-11-33-20(27-15)28-17-4-3-14(9-25-17)19(32)30-6-5-29(7-8-31)10-16(30)21(22,23)24/h3-4,9,11,16,31H,5-8,10H2,1-2H3,(H,25,27,28). The molecule has 3 aromatic heterocycles. The third-order valence-corrected chi connectivity index (χ3v) is 7.26. The van der Waals surface area contributed by atoms with Gasteiger partial charge in [-0.15, -0.1) is 22.7 Å². The van der Waals surface area contributed by atoms with Crippen LogP contribution in [-0.4, -0.2) is 80.8 Å². The maximum Gasteiger partial charge on any atom is 0.410 e. The molecule has 1 amide bonds. The van der Waals surface area contributed by atoms with E-state index in [-0.39, 0.29) is 38.3 Å². The molecule has 1 fully saturated rings. The second-order valence-electron chi connectivity index (χ2n) is 7.82. The number of hydrogen-bond donors (Lipinski definition) is 2. The normalized spacial score (nSPS) is 17.2. The number of carbonyl (C=O) groups excluding carboxylic acids is 1. The van der Waals surface area contributed by atoms with Crippen LogP contribution in [0.25, 0.3) is 10.6 Å². The predicted octanol–water partition coefficient (Wildman–Crippen LogP) is 3.70. The summed E-state index contributed by atoms with van der Waals surface area (Å²) in [6.07, 6.45) is -3.31. The molecule has 0 radical (unpaired) electrons. The zero-order valence-corrected chi connectivity index (χ0v) is 20.1. The Morgan fingerprint density at radius 2 is 2.06 bits per heavy atom. The van der Waals surface area contributed by atoms with Gasteiger partial charge >= 0.3 is 6.18 Å². The van der Waals surface area contributed by atoms with Gasteiger partial charge in [0.25, 0.3) is 5.91 Å². The van der Waals surface area contributed by atoms with Crippen molar-refractivity contribution in [1.82, 2.24) is 24.8 Å². The van der Waals surface area contributed by atoms with Crippen LogP contribution < -0.4 is 5.32 Å². The molecule has 4 heterocycles. The first-order valence-electron chi connectivity index (χ1n) is 10.5. The minimum absolute atomic E-state index is 0.0750. The molecule has 4 rings (SSSR count). The van der Waals surface area contributed by atoms with Crippen LogP contribution in [-0.2, 0) is 0 Å². The van der Waals surface area contributed by atoms with Crippen LogP contribution in [0.3, 0.4) is 0 Å². The third-order valence-electron chi connectivity index (χ3n) is 5.41. The minimum atomic E-state index is -4.57. The van der Waals surface area contributed by atoms with Crippen molar-refractivity contribution >= 4 is 39.5 Å². The number of hydrogen-bond acceptors (Lipinski definition) is 9. The van der Waals surface area contributed by atoms with Crippen molar-refractivity contribution in [1.29, 1.82) is 0 Å². The van der Waals surface area contributed by atoms with E-state index < -0.39 is 18.1 Å². The van der Waals surface area contributed by atoms with Gasteiger partial charge < -0.3 is 15.3 Å². The number of nitrogens with one attached hydrogen (secondary N) is 1. The van der Waals surface area contributed by atoms with Gasteiger partial charge in [0.2, 0.25) is 0 Å². The van der Waals surface area contributed by atoms with E-state index in [1.807, 2.05) is 19.2 Å². The highest BCUT2D eigenvalue weighted by Gasteiger charge is 2.48. The quantitative estimate of drug-likeness (QED) is 0.520. The lowest BCUT2D eigenvalue weighted by molar-refractivity contribution is -0.189. The molecule has 1 unspecified atom stereocenters. The second-order valence-corrected chi connectivity index (χ2v) is 9.88. The average Bonchev–Trinajstić information content (AvgIpc) is 3.38. The molecule has 8 nitrogen and oxygen atoms in total. The summed E-state index contributed by atoms with van der Waals surface area (Å²) >= 11 is 2.95. The molecule has 13 heteroatoms. The molecular formula is C21H23F3N6O2S2. The van der Waals surface area contributed by atoms with Crippen LogP contribution in [0.2, 0.25) is 0 Å². The summed E-state index contributed by atoms with van der Waals surface area (Å²) in [5.41, 5.74) is 1.79. The van der Waals surface area contributed by atoms with Crippen molar-refractivity contribution in [2.45, 2.75) is 26.1 Å². The maximum absolute atomic E-state index is 13.6. The molecule has 3 aromatic rings. The molecule has 0 bridgehead atoms. The van der Waals surface area contributed by atoms with Crippen LogP contribution in [0.4, 0.5) is 24.1 Å². The lowest BCUT2D eigenvalue weighted by Gasteiger charge is -2.41. The number of nitrogens with zero attached hydrogens (tertiary/aromatic N) is 5. The van der Waals surface area contributed by atoms with E-state index in [4.69, 9.17) is 5.11 Å². The van der Waals surface area contributed by atoms with Crippen molar-refractivity contribution in [3.63, 3.8) is 0 Å². The number of pyridine rings is 1. The van der Waals surface area contributed by atoms with Gasteiger partial charge in [0.15, 0.2) is 5.13 Å². The van der Waals surface area contributed by atoms with Gasteiger partial charge in [-0.2, -0.15) is 13.2 Å². The fourth-order valence-corrected chi connectivity index (χ4v) is 5.44. The number of β-amino-alcohol motifs (C(OH)–C–C–N with tert-alkyl or cyclic N) is 1. The Kier molecular flexibility index (Phi) is 7.17. The topological polar surface area (TPSA) is 94.5 Å². The number of halogens is 3. The Labute approximate surface area is 202 Å². The van der Waals surface area contributed by atoms with Crippen molar-refractivity contribution in [3.8, 4) is 10.6 Å². The van der Waals surface area contributed by atoms with Gasteiger partial charge in [0, 0.05) is 37.8 Å². The number of anilines is 2. The second kappa shape index (κ2) is 9.94. The van der Waals surface area contributed by atoms with Gasteiger partial charge in [0.1, 0.15) is 11.9 Å². The molecule has 1 saturated heterocycles. The summed E-state index contributed by atoms with van der Waals surface area (Å²) in [7, 11) is 0. The van der Waals surface area contributed by atoms with Crippen molar-refractivity contribution in [2.75, 3.05) is 38.1 Å². The number of carbonyl (C=O) groups is 1. The van der Waals surface area contributed by atoms with Gasteiger partial charge in [-0.3, -0.25) is 9.69 Å². The Hall–Kier alpha value is -2.61. The summed E-state index contributed by atoms with van der Waals surface area (Å²) in [5, 5.41) is 15.6. The Balaban J connectivity index is 1.45. The lowest BCUT2D eigenvalue weighted by Crippen LogP contribution is -2.60. The zero-order valence-electron chi connectivity index (χ0n) is 18.5. The fourth-order valence-electron chi connectivity index (χ4n) is 3.78. The van der Waals surface area contributed by atoms with Crippen molar-refractivity contribution in [3.05, 3.63) is 40.0 Å². The largest absolute Gasteiger partial charge is 0.410 e. The molecule has 0 saturated carbocycles. The molecule has 0 spiro atoms. The van der Waals surface area contributed by atoms with E-state index in [9.17, 15) is 18.0 Å². The maximum atomic E-state index is 13.6. The summed E-state index contributed by atoms with van der Waals surface area (Å²) in [4.78, 5) is 29.4. The number of aliphatic hydroxyl groups excluding tert-OH is 1. The number of aromatic nitrogens is 3. The highest BCUT2D eigenvalue weighted by molar-refractivity contribution is 7.16. The molecule has 34 heavy (non-hydrogen) atoms. The highest BCUT2D eigenvalue weighted by atomic mass is 32.1. The van der Waals surface area contributed by atoms with E-state index >= 15 is 0 Å². The smallest absolute Gasteiger partial charge is 0.395 e. The van der Waals surface area contributed by atoms with Crippen LogP contribution in [0.15, 0.2) is 23.7 Å². The van der Waals surface area contributed by atoms with E-state index in [0.717, 1.165) is 26.2 Å². The van der Waals surface area contributed by atoms with E-state index in [1.54, 1.807) is 17.4 Å². The minimum Gasteiger partial charge on any atom is -0.395 e. The summed E-state index contributed by atoms with van der Waals surface area (Å²) < 4.78 is 40.9.